The minimum absolute atomic E-state index is 0.0961. The van der Waals surface area contributed by atoms with Gasteiger partial charge in [0.2, 0.25) is 11.7 Å². The first-order chi connectivity index (χ1) is 13.0. The molecule has 0 bridgehead atoms. The van der Waals surface area contributed by atoms with E-state index in [1.54, 1.807) is 0 Å². The van der Waals surface area contributed by atoms with Gasteiger partial charge in [0.05, 0.1) is 0 Å². The number of ether oxygens (including phenoxy) is 1. The molecule has 0 radical (unpaired) electrons. The molecule has 0 atom stereocenters. The van der Waals surface area contributed by atoms with Crippen molar-refractivity contribution in [2.24, 2.45) is 0 Å². The maximum atomic E-state index is 12.1. The number of benzene rings is 1. The molecule has 2 heterocycles. The van der Waals surface area contributed by atoms with Gasteiger partial charge in [0.1, 0.15) is 12.3 Å². The van der Waals surface area contributed by atoms with Crippen LogP contribution in [0.1, 0.15) is 22.6 Å². The lowest BCUT2D eigenvalue weighted by atomic mass is 10.1. The Bertz CT molecular complexity index is 980. The van der Waals surface area contributed by atoms with Crippen LogP contribution in [0.4, 0.5) is 0 Å². The molecule has 9 nitrogen and oxygen atoms in total. The number of aryl methyl sites for hydroxylation is 2. The molecule has 0 aliphatic rings. The van der Waals surface area contributed by atoms with Crippen LogP contribution in [0.25, 0.3) is 0 Å². The van der Waals surface area contributed by atoms with Crippen molar-refractivity contribution in [1.82, 2.24) is 30.5 Å². The van der Waals surface area contributed by atoms with Crippen molar-refractivity contribution in [3.05, 3.63) is 69.4 Å². The van der Waals surface area contributed by atoms with E-state index >= 15 is 0 Å². The van der Waals surface area contributed by atoms with E-state index in [0.717, 1.165) is 11.3 Å². The van der Waals surface area contributed by atoms with Gasteiger partial charge in [-0.05, 0) is 42.8 Å². The first kappa shape index (κ1) is 18.3. The number of hydrogen-bond acceptors (Lipinski definition) is 6. The van der Waals surface area contributed by atoms with E-state index < -0.39 is 0 Å². The Morgan fingerprint density at radius 1 is 1.26 bits per heavy atom. The van der Waals surface area contributed by atoms with Crippen LogP contribution in [0, 0.1) is 13.8 Å². The second kappa shape index (κ2) is 8.26. The van der Waals surface area contributed by atoms with E-state index in [9.17, 15) is 9.59 Å². The fourth-order valence-electron chi connectivity index (χ4n) is 2.54. The number of carbonyl (C=O) groups is 1. The highest BCUT2D eigenvalue weighted by atomic mass is 16.5. The number of pyridine rings is 1. The Kier molecular flexibility index (Phi) is 5.60. The number of amides is 1. The molecular weight excluding hydrogens is 348 g/mol. The van der Waals surface area contributed by atoms with Gasteiger partial charge in [0, 0.05) is 17.8 Å². The second-order valence-electron chi connectivity index (χ2n) is 6.06. The smallest absolute Gasteiger partial charge is 0.253 e. The number of H-pyrrole nitrogens is 1. The summed E-state index contributed by atoms with van der Waals surface area (Å²) in [5.74, 6) is 0.755. The van der Waals surface area contributed by atoms with Crippen LogP contribution >= 0.6 is 0 Å². The molecule has 1 aromatic carbocycles. The van der Waals surface area contributed by atoms with Gasteiger partial charge < -0.3 is 15.0 Å². The van der Waals surface area contributed by atoms with Crippen LogP contribution < -0.4 is 15.6 Å². The van der Waals surface area contributed by atoms with Gasteiger partial charge in [-0.1, -0.05) is 18.2 Å². The van der Waals surface area contributed by atoms with Crippen molar-refractivity contribution in [3.63, 3.8) is 0 Å². The first-order valence-electron chi connectivity index (χ1n) is 8.42. The average molecular weight is 368 g/mol. The van der Waals surface area contributed by atoms with E-state index in [1.807, 2.05) is 50.2 Å². The van der Waals surface area contributed by atoms with Gasteiger partial charge in [-0.15, -0.1) is 10.2 Å². The molecule has 0 saturated heterocycles. The van der Waals surface area contributed by atoms with E-state index in [1.165, 1.54) is 4.80 Å². The second-order valence-corrected chi connectivity index (χ2v) is 6.06. The summed E-state index contributed by atoms with van der Waals surface area (Å²) < 4.78 is 5.53. The summed E-state index contributed by atoms with van der Waals surface area (Å²) in [4.78, 5) is 28.0. The van der Waals surface area contributed by atoms with Crippen LogP contribution in [0.15, 0.2) is 41.2 Å². The fraction of sp³-hybridized carbons (Fsp3) is 0.278. The predicted molar refractivity (Wildman–Crippen MR) is 97.0 cm³/mol. The molecule has 3 aromatic rings. The van der Waals surface area contributed by atoms with Crippen molar-refractivity contribution in [2.45, 2.75) is 33.5 Å². The maximum Gasteiger partial charge on any atom is 0.253 e. The lowest BCUT2D eigenvalue weighted by molar-refractivity contribution is -0.122. The lowest BCUT2D eigenvalue weighted by Gasteiger charge is -2.07. The predicted octanol–water partition coefficient (Wildman–Crippen LogP) is 0.874. The molecule has 0 unspecified atom stereocenters. The van der Waals surface area contributed by atoms with Gasteiger partial charge in [-0.25, -0.2) is 0 Å². The fourth-order valence-corrected chi connectivity index (χ4v) is 2.54. The zero-order valence-corrected chi connectivity index (χ0v) is 15.1. The van der Waals surface area contributed by atoms with Crippen LogP contribution in [0.5, 0.6) is 5.75 Å². The quantitative estimate of drug-likeness (QED) is 0.640. The summed E-state index contributed by atoms with van der Waals surface area (Å²) in [6, 6.07) is 11.1. The third-order valence-corrected chi connectivity index (χ3v) is 3.85. The first-order valence-corrected chi connectivity index (χ1v) is 8.42. The van der Waals surface area contributed by atoms with Crippen LogP contribution in [0.3, 0.4) is 0 Å². The SMILES string of the molecule is Cc1cc(C)c(CNC(=O)Cn2nnc(COc3ccccc3)n2)c(=O)[nH]1. The molecule has 0 aliphatic heterocycles. The topological polar surface area (TPSA) is 115 Å². The Balaban J connectivity index is 1.51. The Morgan fingerprint density at radius 2 is 2.04 bits per heavy atom. The number of tetrazole rings is 1. The molecule has 2 N–H and O–H groups in total. The van der Waals surface area contributed by atoms with Gasteiger partial charge in [0.15, 0.2) is 6.61 Å². The molecular formula is C18H20N6O3. The minimum Gasteiger partial charge on any atom is -0.485 e. The molecule has 1 amide bonds. The molecule has 0 spiro atoms. The number of nitrogens with one attached hydrogen (secondary N) is 2. The lowest BCUT2D eigenvalue weighted by Crippen LogP contribution is -2.31. The van der Waals surface area contributed by atoms with Crippen molar-refractivity contribution in [3.8, 4) is 5.75 Å². The summed E-state index contributed by atoms with van der Waals surface area (Å²) >= 11 is 0. The Hall–Kier alpha value is -3.49. The van der Waals surface area contributed by atoms with E-state index in [2.05, 4.69) is 25.7 Å². The highest BCUT2D eigenvalue weighted by Crippen LogP contribution is 2.09. The van der Waals surface area contributed by atoms with Crippen molar-refractivity contribution < 1.29 is 9.53 Å². The molecule has 0 saturated carbocycles. The average Bonchev–Trinajstić information content (AvgIpc) is 3.07. The van der Waals surface area contributed by atoms with E-state index in [4.69, 9.17) is 4.74 Å². The number of aromatic amines is 1. The summed E-state index contributed by atoms with van der Waals surface area (Å²) in [6.07, 6.45) is 0. The Morgan fingerprint density at radius 3 is 2.78 bits per heavy atom. The van der Waals surface area contributed by atoms with Crippen LogP contribution in [-0.2, 0) is 24.5 Å². The van der Waals surface area contributed by atoms with Crippen molar-refractivity contribution >= 4 is 5.91 Å². The number of hydrogen-bond donors (Lipinski definition) is 2. The molecule has 0 fully saturated rings. The largest absolute Gasteiger partial charge is 0.485 e. The third-order valence-electron chi connectivity index (χ3n) is 3.85. The number of nitrogens with zero attached hydrogens (tertiary/aromatic N) is 4. The number of carbonyl (C=O) groups excluding carboxylic acids is 1. The number of rotatable bonds is 7. The molecule has 2 aromatic heterocycles. The van der Waals surface area contributed by atoms with Crippen molar-refractivity contribution in [1.29, 1.82) is 0 Å². The maximum absolute atomic E-state index is 12.1. The number of aromatic nitrogens is 5. The molecule has 3 rings (SSSR count). The zero-order valence-electron chi connectivity index (χ0n) is 15.1. The monoisotopic (exact) mass is 368 g/mol. The normalized spacial score (nSPS) is 10.6. The van der Waals surface area contributed by atoms with Gasteiger partial charge in [-0.2, -0.15) is 4.80 Å². The molecule has 0 aliphatic carbocycles. The standard InChI is InChI=1S/C18H20N6O3/c1-12-8-13(2)20-18(26)15(12)9-19-17(25)10-24-22-16(21-23-24)11-27-14-6-4-3-5-7-14/h3-8H,9-11H2,1-2H3,(H,19,25)(H,20,26). The third kappa shape index (κ3) is 5.00. The summed E-state index contributed by atoms with van der Waals surface area (Å²) in [5, 5.41) is 14.5. The minimum atomic E-state index is -0.317. The van der Waals surface area contributed by atoms with Crippen LogP contribution in [0.2, 0.25) is 0 Å². The summed E-state index contributed by atoms with van der Waals surface area (Å²) in [7, 11) is 0. The molecule has 27 heavy (non-hydrogen) atoms. The molecule has 9 heteroatoms. The van der Waals surface area contributed by atoms with E-state index in [-0.39, 0.29) is 31.2 Å². The van der Waals surface area contributed by atoms with Crippen LogP contribution in [-0.4, -0.2) is 31.1 Å². The Labute approximate surface area is 155 Å². The highest BCUT2D eigenvalue weighted by Gasteiger charge is 2.10. The highest BCUT2D eigenvalue weighted by molar-refractivity contribution is 5.75. The van der Waals surface area contributed by atoms with E-state index in [0.29, 0.717) is 17.1 Å². The zero-order chi connectivity index (χ0) is 19.2. The summed E-state index contributed by atoms with van der Waals surface area (Å²) in [5.41, 5.74) is 1.94. The molecule has 140 valence electrons. The van der Waals surface area contributed by atoms with Gasteiger partial charge >= 0.3 is 0 Å². The van der Waals surface area contributed by atoms with Crippen molar-refractivity contribution in [2.75, 3.05) is 0 Å². The van der Waals surface area contributed by atoms with Gasteiger partial charge in [0.25, 0.3) is 5.56 Å². The number of para-hydroxylation sites is 1. The van der Waals surface area contributed by atoms with Gasteiger partial charge in [-0.3, -0.25) is 9.59 Å². The summed E-state index contributed by atoms with van der Waals surface area (Å²) in [6.45, 7) is 3.84.